The van der Waals surface area contributed by atoms with Crippen molar-refractivity contribution in [3.63, 3.8) is 0 Å². The highest BCUT2D eigenvalue weighted by Gasteiger charge is 2.25. The Morgan fingerprint density at radius 1 is 1.27 bits per heavy atom. The number of carbonyl (C=O) groups excluding carboxylic acids is 2. The maximum atomic E-state index is 12.4. The summed E-state index contributed by atoms with van der Waals surface area (Å²) in [5.74, 6) is 0.375. The number of hydrogen-bond donors (Lipinski definition) is 1. The van der Waals surface area contributed by atoms with E-state index in [4.69, 9.17) is 16.0 Å². The summed E-state index contributed by atoms with van der Waals surface area (Å²) in [7, 11) is 0. The molecule has 1 aromatic carbocycles. The molecule has 0 saturated carbocycles. The van der Waals surface area contributed by atoms with Crippen LogP contribution in [0.2, 0.25) is 5.02 Å². The number of nitrogens with one attached hydrogen (secondary N) is 1. The molecule has 0 bridgehead atoms. The molecule has 5 nitrogen and oxygen atoms in total. The summed E-state index contributed by atoms with van der Waals surface area (Å²) in [4.78, 5) is 26.4. The van der Waals surface area contributed by atoms with Crippen LogP contribution in [-0.2, 0) is 11.3 Å². The first-order valence-electron chi connectivity index (χ1n) is 8.95. The lowest BCUT2D eigenvalue weighted by molar-refractivity contribution is -0.121. The third-order valence-electron chi connectivity index (χ3n) is 4.79. The van der Waals surface area contributed by atoms with Crippen molar-refractivity contribution < 1.29 is 14.0 Å². The van der Waals surface area contributed by atoms with Crippen LogP contribution in [0, 0.1) is 5.92 Å². The molecule has 1 aliphatic heterocycles. The maximum Gasteiger partial charge on any atom is 0.257 e. The van der Waals surface area contributed by atoms with Crippen molar-refractivity contribution >= 4 is 23.4 Å². The first-order chi connectivity index (χ1) is 12.6. The van der Waals surface area contributed by atoms with Gasteiger partial charge in [-0.3, -0.25) is 9.59 Å². The number of hydrogen-bond acceptors (Lipinski definition) is 3. The van der Waals surface area contributed by atoms with Crippen molar-refractivity contribution in [1.82, 2.24) is 10.2 Å². The van der Waals surface area contributed by atoms with Gasteiger partial charge in [-0.25, -0.2) is 0 Å². The number of carbonyl (C=O) groups is 2. The third-order valence-corrected chi connectivity index (χ3v) is 5.16. The zero-order chi connectivity index (χ0) is 18.4. The summed E-state index contributed by atoms with van der Waals surface area (Å²) in [6.07, 6.45) is 6.25. The SMILES string of the molecule is O=C(CC[C@@H]1CCCN(C(=O)c2ccoc2)C1)NCc1ccccc1Cl. The second-order valence-corrected chi connectivity index (χ2v) is 7.09. The molecule has 2 aromatic rings. The zero-order valence-electron chi connectivity index (χ0n) is 14.6. The van der Waals surface area contributed by atoms with Crippen molar-refractivity contribution in [2.45, 2.75) is 32.2 Å². The summed E-state index contributed by atoms with van der Waals surface area (Å²) >= 11 is 6.10. The van der Waals surface area contributed by atoms with E-state index in [1.165, 1.54) is 12.5 Å². The monoisotopic (exact) mass is 374 g/mol. The predicted molar refractivity (Wildman–Crippen MR) is 99.9 cm³/mol. The summed E-state index contributed by atoms with van der Waals surface area (Å²) in [6.45, 7) is 1.90. The van der Waals surface area contributed by atoms with Gasteiger partial charge >= 0.3 is 0 Å². The number of rotatable bonds is 6. The van der Waals surface area contributed by atoms with E-state index in [2.05, 4.69) is 5.32 Å². The highest BCUT2D eigenvalue weighted by molar-refractivity contribution is 6.31. The van der Waals surface area contributed by atoms with E-state index < -0.39 is 0 Å². The number of benzene rings is 1. The van der Waals surface area contributed by atoms with Crippen LogP contribution in [-0.4, -0.2) is 29.8 Å². The molecule has 26 heavy (non-hydrogen) atoms. The van der Waals surface area contributed by atoms with E-state index in [1.807, 2.05) is 29.2 Å². The van der Waals surface area contributed by atoms with Gasteiger partial charge in [-0.1, -0.05) is 29.8 Å². The summed E-state index contributed by atoms with van der Waals surface area (Å²) in [5.41, 5.74) is 1.50. The number of amides is 2. The lowest BCUT2D eigenvalue weighted by Gasteiger charge is -2.32. The lowest BCUT2D eigenvalue weighted by atomic mass is 9.93. The molecule has 1 saturated heterocycles. The fourth-order valence-electron chi connectivity index (χ4n) is 3.31. The van der Waals surface area contributed by atoms with Gasteiger partial charge in [0, 0.05) is 31.1 Å². The quantitative estimate of drug-likeness (QED) is 0.834. The first-order valence-corrected chi connectivity index (χ1v) is 9.33. The van der Waals surface area contributed by atoms with Crippen molar-refractivity contribution in [1.29, 1.82) is 0 Å². The normalized spacial score (nSPS) is 17.1. The van der Waals surface area contributed by atoms with Gasteiger partial charge in [-0.2, -0.15) is 0 Å². The Balaban J connectivity index is 1.43. The van der Waals surface area contributed by atoms with Gasteiger partial charge < -0.3 is 14.6 Å². The Bertz CT molecular complexity index is 745. The molecular weight excluding hydrogens is 352 g/mol. The van der Waals surface area contributed by atoms with Crippen molar-refractivity contribution in [3.8, 4) is 0 Å². The maximum absolute atomic E-state index is 12.4. The Morgan fingerprint density at radius 2 is 2.12 bits per heavy atom. The van der Waals surface area contributed by atoms with Crippen LogP contribution in [0.1, 0.15) is 41.6 Å². The molecule has 138 valence electrons. The second kappa shape index (κ2) is 8.90. The number of halogens is 1. The minimum Gasteiger partial charge on any atom is -0.472 e. The van der Waals surface area contributed by atoms with Crippen LogP contribution >= 0.6 is 11.6 Å². The smallest absolute Gasteiger partial charge is 0.257 e. The largest absolute Gasteiger partial charge is 0.472 e. The first kappa shape index (κ1) is 18.5. The van der Waals surface area contributed by atoms with Gasteiger partial charge in [-0.05, 0) is 42.9 Å². The Hall–Kier alpha value is -2.27. The molecule has 1 fully saturated rings. The van der Waals surface area contributed by atoms with Crippen LogP contribution in [0.4, 0.5) is 0 Å². The van der Waals surface area contributed by atoms with Gasteiger partial charge in [-0.15, -0.1) is 0 Å². The Morgan fingerprint density at radius 3 is 2.88 bits per heavy atom. The molecule has 1 aromatic heterocycles. The highest BCUT2D eigenvalue weighted by atomic mass is 35.5. The van der Waals surface area contributed by atoms with Crippen LogP contribution in [0.25, 0.3) is 0 Å². The predicted octanol–water partition coefficient (Wildman–Crippen LogP) is 3.88. The van der Waals surface area contributed by atoms with Crippen LogP contribution in [0.15, 0.2) is 47.3 Å². The number of likely N-dealkylation sites (tertiary alicyclic amines) is 1. The third kappa shape index (κ3) is 4.88. The molecule has 0 aliphatic carbocycles. The standard InChI is InChI=1S/C20H23ClN2O3/c21-18-6-2-1-5-16(18)12-22-19(24)8-7-15-4-3-10-23(13-15)20(25)17-9-11-26-14-17/h1-2,5-6,9,11,14-15H,3-4,7-8,10,12-13H2,(H,22,24)/t15-/m0/s1. The van der Waals surface area contributed by atoms with E-state index in [-0.39, 0.29) is 11.8 Å². The van der Waals surface area contributed by atoms with Gasteiger partial charge in [0.2, 0.25) is 5.91 Å². The second-order valence-electron chi connectivity index (χ2n) is 6.68. The molecule has 6 heteroatoms. The van der Waals surface area contributed by atoms with Gasteiger partial charge in [0.1, 0.15) is 6.26 Å². The van der Waals surface area contributed by atoms with Crippen LogP contribution in [0.5, 0.6) is 0 Å². The molecule has 1 atom stereocenters. The molecule has 1 aliphatic rings. The van der Waals surface area contributed by atoms with E-state index in [0.29, 0.717) is 36.0 Å². The van der Waals surface area contributed by atoms with Gasteiger partial charge in [0.05, 0.1) is 11.8 Å². The molecule has 2 amide bonds. The Labute approximate surface area is 158 Å². The number of nitrogens with zero attached hydrogens (tertiary/aromatic N) is 1. The summed E-state index contributed by atoms with van der Waals surface area (Å²) < 4.78 is 4.99. The minimum absolute atomic E-state index is 0.00613. The number of furan rings is 1. The van der Waals surface area contributed by atoms with Gasteiger partial charge in [0.15, 0.2) is 0 Å². The van der Waals surface area contributed by atoms with E-state index in [0.717, 1.165) is 31.4 Å². The van der Waals surface area contributed by atoms with Crippen molar-refractivity contribution in [2.24, 2.45) is 5.92 Å². The Kier molecular flexibility index (Phi) is 6.34. The minimum atomic E-state index is 0.00613. The molecule has 0 spiro atoms. The lowest BCUT2D eigenvalue weighted by Crippen LogP contribution is -2.40. The van der Waals surface area contributed by atoms with E-state index in [1.54, 1.807) is 6.07 Å². The van der Waals surface area contributed by atoms with Crippen LogP contribution < -0.4 is 5.32 Å². The topological polar surface area (TPSA) is 62.6 Å². The molecule has 0 unspecified atom stereocenters. The molecule has 2 heterocycles. The molecule has 1 N–H and O–H groups in total. The van der Waals surface area contributed by atoms with E-state index in [9.17, 15) is 9.59 Å². The average molecular weight is 375 g/mol. The molecule has 0 radical (unpaired) electrons. The van der Waals surface area contributed by atoms with Gasteiger partial charge in [0.25, 0.3) is 5.91 Å². The molecular formula is C20H23ClN2O3. The fraction of sp³-hybridized carbons (Fsp3) is 0.400. The highest BCUT2D eigenvalue weighted by Crippen LogP contribution is 2.22. The van der Waals surface area contributed by atoms with Crippen molar-refractivity contribution in [2.75, 3.05) is 13.1 Å². The average Bonchev–Trinajstić information content (AvgIpc) is 3.20. The molecule has 3 rings (SSSR count). The number of piperidine rings is 1. The summed E-state index contributed by atoms with van der Waals surface area (Å²) in [5, 5.41) is 3.58. The van der Waals surface area contributed by atoms with Crippen LogP contribution in [0.3, 0.4) is 0 Å². The van der Waals surface area contributed by atoms with Crippen molar-refractivity contribution in [3.05, 3.63) is 59.0 Å². The summed E-state index contributed by atoms with van der Waals surface area (Å²) in [6, 6.07) is 9.18. The fourth-order valence-corrected chi connectivity index (χ4v) is 3.52. The zero-order valence-corrected chi connectivity index (χ0v) is 15.4. The van der Waals surface area contributed by atoms with E-state index >= 15 is 0 Å².